The van der Waals surface area contributed by atoms with Gasteiger partial charge >= 0.3 is 5.97 Å². The van der Waals surface area contributed by atoms with E-state index in [1.54, 1.807) is 12.2 Å². The Morgan fingerprint density at radius 1 is 1.31 bits per heavy atom. The molecule has 0 spiro atoms. The van der Waals surface area contributed by atoms with Crippen LogP contribution in [-0.4, -0.2) is 46.1 Å². The van der Waals surface area contributed by atoms with Gasteiger partial charge in [-0.25, -0.2) is 0 Å². The summed E-state index contributed by atoms with van der Waals surface area (Å²) in [5, 5.41) is 22.2. The maximum atomic E-state index is 12.9. The first-order valence-electron chi connectivity index (χ1n) is 10.3. The molecular formula is C23H28O6. The van der Waals surface area contributed by atoms with Gasteiger partial charge in [0.15, 0.2) is 18.0 Å². The minimum absolute atomic E-state index is 0.0129. The summed E-state index contributed by atoms with van der Waals surface area (Å²) >= 11 is 0. The van der Waals surface area contributed by atoms with E-state index in [4.69, 9.17) is 4.74 Å². The Hall–Kier alpha value is -2.05. The van der Waals surface area contributed by atoms with Crippen LogP contribution >= 0.6 is 0 Å². The molecule has 4 rings (SSSR count). The third-order valence-electron chi connectivity index (χ3n) is 8.00. The van der Waals surface area contributed by atoms with Crippen molar-refractivity contribution in [3.63, 3.8) is 0 Å². The highest BCUT2D eigenvalue weighted by Crippen LogP contribution is 2.65. The fourth-order valence-corrected chi connectivity index (χ4v) is 6.33. The second-order valence-electron chi connectivity index (χ2n) is 9.36. The predicted octanol–water partition coefficient (Wildman–Crippen LogP) is 2.05. The van der Waals surface area contributed by atoms with E-state index in [0.29, 0.717) is 12.8 Å². The van der Waals surface area contributed by atoms with E-state index >= 15 is 0 Å². The van der Waals surface area contributed by atoms with Gasteiger partial charge in [-0.1, -0.05) is 30.2 Å². The highest BCUT2D eigenvalue weighted by molar-refractivity contribution is 6.01. The summed E-state index contributed by atoms with van der Waals surface area (Å²) in [5.74, 6) is -1.20. The first kappa shape index (κ1) is 20.2. The number of fused-ring (bicyclic) bond motifs is 5. The van der Waals surface area contributed by atoms with Crippen LogP contribution in [0.4, 0.5) is 0 Å². The normalized spacial score (nSPS) is 42.9. The van der Waals surface area contributed by atoms with Crippen molar-refractivity contribution in [1.82, 2.24) is 0 Å². The zero-order chi connectivity index (χ0) is 21.2. The maximum Gasteiger partial charge on any atom is 0.303 e. The van der Waals surface area contributed by atoms with Crippen LogP contribution in [0, 0.1) is 22.7 Å². The predicted molar refractivity (Wildman–Crippen MR) is 105 cm³/mol. The van der Waals surface area contributed by atoms with E-state index in [0.717, 1.165) is 18.4 Å². The highest BCUT2D eigenvalue weighted by atomic mass is 16.5. The number of carbonyl (C=O) groups excluding carboxylic acids is 3. The standard InChI is InChI=1S/C23H28O6/c1-13(24)29-12-20(27)23(28)19(26)11-18-16-5-4-14-10-15(25)6-8-21(14,2)17(16)7-9-22(18,23)3/h6-8,10,16,18-19,26,28H,4-5,9,11-12H2,1-3H3/t16?,18?,19-,21+,22+,23+/m1/s1. The number of hydrogen-bond acceptors (Lipinski definition) is 6. The zero-order valence-corrected chi connectivity index (χ0v) is 17.1. The van der Waals surface area contributed by atoms with Crippen molar-refractivity contribution in [3.8, 4) is 0 Å². The summed E-state index contributed by atoms with van der Waals surface area (Å²) in [6, 6.07) is 0. The van der Waals surface area contributed by atoms with Gasteiger partial charge in [-0.2, -0.15) is 0 Å². The Morgan fingerprint density at radius 2 is 2.03 bits per heavy atom. The molecule has 2 N–H and O–H groups in total. The molecule has 0 aliphatic heterocycles. The lowest BCUT2D eigenvalue weighted by Gasteiger charge is -2.53. The van der Waals surface area contributed by atoms with Gasteiger partial charge in [0.1, 0.15) is 0 Å². The van der Waals surface area contributed by atoms with Gasteiger partial charge in [-0.05, 0) is 56.6 Å². The number of rotatable bonds is 3. The maximum absolute atomic E-state index is 12.9. The Bertz CT molecular complexity index is 882. The Kier molecular flexibility index (Phi) is 4.52. The molecule has 0 aromatic rings. The van der Waals surface area contributed by atoms with Crippen LogP contribution in [0.2, 0.25) is 0 Å². The van der Waals surface area contributed by atoms with E-state index in [-0.39, 0.29) is 23.0 Å². The highest BCUT2D eigenvalue weighted by Gasteiger charge is 2.68. The molecule has 0 aromatic heterocycles. The van der Waals surface area contributed by atoms with Crippen LogP contribution < -0.4 is 0 Å². The lowest BCUT2D eigenvalue weighted by Crippen LogP contribution is -2.59. The number of allylic oxidation sites excluding steroid dienone is 6. The van der Waals surface area contributed by atoms with Gasteiger partial charge in [0.25, 0.3) is 0 Å². The van der Waals surface area contributed by atoms with Crippen LogP contribution in [0.3, 0.4) is 0 Å². The average molecular weight is 400 g/mol. The Morgan fingerprint density at radius 3 is 2.72 bits per heavy atom. The monoisotopic (exact) mass is 400 g/mol. The fraction of sp³-hybridized carbons (Fsp3) is 0.609. The second-order valence-corrected chi connectivity index (χ2v) is 9.36. The molecular weight excluding hydrogens is 372 g/mol. The quantitative estimate of drug-likeness (QED) is 0.555. The molecule has 2 saturated carbocycles. The van der Waals surface area contributed by atoms with E-state index in [1.807, 2.05) is 13.0 Å². The first-order valence-corrected chi connectivity index (χ1v) is 10.3. The van der Waals surface area contributed by atoms with Crippen molar-refractivity contribution in [2.45, 2.75) is 58.2 Å². The average Bonchev–Trinajstić information content (AvgIpc) is 2.88. The third-order valence-corrected chi connectivity index (χ3v) is 8.00. The minimum Gasteiger partial charge on any atom is -0.458 e. The zero-order valence-electron chi connectivity index (χ0n) is 17.1. The van der Waals surface area contributed by atoms with Gasteiger partial charge in [-0.3, -0.25) is 14.4 Å². The Balaban J connectivity index is 1.71. The van der Waals surface area contributed by atoms with Crippen LogP contribution in [0.5, 0.6) is 0 Å². The number of ketones is 2. The van der Waals surface area contributed by atoms with E-state index in [2.05, 4.69) is 13.0 Å². The summed E-state index contributed by atoms with van der Waals surface area (Å²) in [4.78, 5) is 35.8. The number of aliphatic hydroxyl groups is 2. The van der Waals surface area contributed by atoms with Gasteiger partial charge in [0.2, 0.25) is 5.78 Å². The number of aliphatic hydroxyl groups excluding tert-OH is 1. The van der Waals surface area contributed by atoms with Gasteiger partial charge in [-0.15, -0.1) is 0 Å². The molecule has 0 radical (unpaired) electrons. The molecule has 0 aromatic carbocycles. The van der Waals surface area contributed by atoms with Crippen molar-refractivity contribution in [2.75, 3.05) is 6.61 Å². The molecule has 4 aliphatic rings. The number of hydrogen-bond donors (Lipinski definition) is 2. The smallest absolute Gasteiger partial charge is 0.303 e. The number of esters is 1. The molecule has 0 bridgehead atoms. The van der Waals surface area contributed by atoms with Crippen molar-refractivity contribution in [1.29, 1.82) is 0 Å². The molecule has 6 heteroatoms. The van der Waals surface area contributed by atoms with Gasteiger partial charge in [0, 0.05) is 17.8 Å². The fourth-order valence-electron chi connectivity index (χ4n) is 6.33. The molecule has 6 atom stereocenters. The second kappa shape index (κ2) is 6.47. The number of carbonyl (C=O) groups is 3. The van der Waals surface area contributed by atoms with Crippen molar-refractivity contribution >= 4 is 17.5 Å². The molecule has 29 heavy (non-hydrogen) atoms. The molecule has 0 amide bonds. The first-order chi connectivity index (χ1) is 13.5. The molecule has 2 unspecified atom stereocenters. The molecule has 6 nitrogen and oxygen atoms in total. The number of ether oxygens (including phenoxy) is 1. The summed E-state index contributed by atoms with van der Waals surface area (Å²) < 4.78 is 4.83. The van der Waals surface area contributed by atoms with Crippen LogP contribution in [0.25, 0.3) is 0 Å². The van der Waals surface area contributed by atoms with E-state index < -0.39 is 35.5 Å². The van der Waals surface area contributed by atoms with Crippen molar-refractivity contribution < 1.29 is 29.3 Å². The van der Waals surface area contributed by atoms with Crippen molar-refractivity contribution in [2.24, 2.45) is 22.7 Å². The lowest BCUT2D eigenvalue weighted by molar-refractivity contribution is -0.174. The van der Waals surface area contributed by atoms with E-state index in [1.165, 1.54) is 12.5 Å². The molecule has 156 valence electrons. The Labute approximate surface area is 170 Å². The molecule has 2 fully saturated rings. The topological polar surface area (TPSA) is 101 Å². The summed E-state index contributed by atoms with van der Waals surface area (Å²) in [6.45, 7) is 4.65. The summed E-state index contributed by atoms with van der Waals surface area (Å²) in [5.41, 5.74) is -0.805. The molecule has 4 aliphatic carbocycles. The van der Waals surface area contributed by atoms with Crippen LogP contribution in [0.15, 0.2) is 35.5 Å². The summed E-state index contributed by atoms with van der Waals surface area (Å²) in [6.07, 6.45) is 8.54. The largest absolute Gasteiger partial charge is 0.458 e. The van der Waals surface area contributed by atoms with Crippen LogP contribution in [0.1, 0.15) is 46.5 Å². The van der Waals surface area contributed by atoms with E-state index in [9.17, 15) is 24.6 Å². The van der Waals surface area contributed by atoms with Gasteiger partial charge in [0.05, 0.1) is 6.10 Å². The lowest BCUT2D eigenvalue weighted by atomic mass is 9.51. The number of Topliss-reactive ketones (excluding diaryl/α,β-unsaturated/α-hetero) is 1. The van der Waals surface area contributed by atoms with Crippen molar-refractivity contribution in [3.05, 3.63) is 35.5 Å². The third kappa shape index (κ3) is 2.65. The molecule has 0 saturated heterocycles. The summed E-state index contributed by atoms with van der Waals surface area (Å²) in [7, 11) is 0. The minimum atomic E-state index is -1.95. The molecule has 0 heterocycles. The SMILES string of the molecule is CC(=O)OCC(=O)[C@@]1(O)[C@H](O)CC2C3CCC4=CC(=O)C=C[C@]4(C)C3=CC[C@@]21C. The van der Waals surface area contributed by atoms with Crippen LogP contribution in [-0.2, 0) is 19.1 Å². The van der Waals surface area contributed by atoms with Gasteiger partial charge < -0.3 is 14.9 Å².